The molecule has 5 heteroatoms. The van der Waals surface area contributed by atoms with Gasteiger partial charge in [-0.2, -0.15) is 0 Å². The number of hydrogen-bond acceptors (Lipinski definition) is 3. The molecule has 0 bridgehead atoms. The summed E-state index contributed by atoms with van der Waals surface area (Å²) in [5, 5.41) is 0. The molecular weight excluding hydrogens is 170 g/mol. The summed E-state index contributed by atoms with van der Waals surface area (Å²) in [5.74, 6) is 0. The number of unbranched alkanes of at least 4 members (excludes halogenated alkanes) is 1. The van der Waals surface area contributed by atoms with E-state index in [-0.39, 0.29) is 6.61 Å². The van der Waals surface area contributed by atoms with Crippen molar-refractivity contribution >= 4 is 6.16 Å². The fraction of sp³-hybridized carbons (Fsp3) is 0.857. The number of halogens is 2. The third kappa shape index (κ3) is 7.24. The standard InChI is InChI=1S/C7H12F2O3/c1-2-3-4-11-7(10)12-5-6(8)9/h6H,2-5H2,1H3. The summed E-state index contributed by atoms with van der Waals surface area (Å²) in [7, 11) is 0. The number of alkyl halides is 2. The smallest absolute Gasteiger partial charge is 0.434 e. The highest BCUT2D eigenvalue weighted by Gasteiger charge is 2.08. The molecule has 0 rings (SSSR count). The number of carbonyl (C=O) groups excluding carboxylic acids is 1. The molecule has 0 aliphatic heterocycles. The van der Waals surface area contributed by atoms with Crippen molar-refractivity contribution in [3.8, 4) is 0 Å². The van der Waals surface area contributed by atoms with Crippen LogP contribution in [0.2, 0.25) is 0 Å². The Bertz CT molecular complexity index is 128. The van der Waals surface area contributed by atoms with Crippen LogP contribution in [-0.4, -0.2) is 25.8 Å². The molecule has 0 aromatic heterocycles. The molecule has 0 aliphatic carbocycles. The Morgan fingerprint density at radius 1 is 1.42 bits per heavy atom. The third-order valence-corrected chi connectivity index (χ3v) is 1.04. The van der Waals surface area contributed by atoms with Crippen LogP contribution in [-0.2, 0) is 9.47 Å². The van der Waals surface area contributed by atoms with Crippen LogP contribution in [0.4, 0.5) is 13.6 Å². The van der Waals surface area contributed by atoms with Crippen LogP contribution in [0.5, 0.6) is 0 Å². The molecule has 0 unspecified atom stereocenters. The minimum absolute atomic E-state index is 0.221. The van der Waals surface area contributed by atoms with Gasteiger partial charge in [0.05, 0.1) is 6.61 Å². The Labute approximate surface area is 69.6 Å². The maximum atomic E-state index is 11.5. The van der Waals surface area contributed by atoms with Crippen molar-refractivity contribution in [2.75, 3.05) is 13.2 Å². The Hall–Kier alpha value is -0.870. The zero-order chi connectivity index (χ0) is 9.40. The van der Waals surface area contributed by atoms with Gasteiger partial charge < -0.3 is 9.47 Å². The molecule has 3 nitrogen and oxygen atoms in total. The highest BCUT2D eigenvalue weighted by Crippen LogP contribution is 1.96. The van der Waals surface area contributed by atoms with Crippen molar-refractivity contribution in [3.05, 3.63) is 0 Å². The zero-order valence-corrected chi connectivity index (χ0v) is 6.89. The molecule has 0 heterocycles. The Kier molecular flexibility index (Phi) is 6.32. The van der Waals surface area contributed by atoms with E-state index in [4.69, 9.17) is 0 Å². The van der Waals surface area contributed by atoms with Crippen LogP contribution in [0.15, 0.2) is 0 Å². The quantitative estimate of drug-likeness (QED) is 0.483. The first-order valence-electron chi connectivity index (χ1n) is 3.74. The first kappa shape index (κ1) is 11.1. The zero-order valence-electron chi connectivity index (χ0n) is 6.89. The highest BCUT2D eigenvalue weighted by atomic mass is 19.3. The van der Waals surface area contributed by atoms with Crippen LogP contribution >= 0.6 is 0 Å². The Morgan fingerprint density at radius 3 is 2.58 bits per heavy atom. The van der Waals surface area contributed by atoms with Crippen LogP contribution in [0.1, 0.15) is 19.8 Å². The fourth-order valence-corrected chi connectivity index (χ4v) is 0.473. The van der Waals surface area contributed by atoms with Crippen molar-refractivity contribution in [1.29, 1.82) is 0 Å². The average molecular weight is 182 g/mol. The largest absolute Gasteiger partial charge is 0.508 e. The SMILES string of the molecule is CCCCOC(=O)OCC(F)F. The van der Waals surface area contributed by atoms with Crippen molar-refractivity contribution < 1.29 is 23.0 Å². The van der Waals surface area contributed by atoms with E-state index in [1.54, 1.807) is 0 Å². The van der Waals surface area contributed by atoms with Gasteiger partial charge in [0, 0.05) is 0 Å². The van der Waals surface area contributed by atoms with E-state index in [0.29, 0.717) is 6.42 Å². The van der Waals surface area contributed by atoms with E-state index in [1.807, 2.05) is 6.92 Å². The maximum Gasteiger partial charge on any atom is 0.508 e. The van der Waals surface area contributed by atoms with Gasteiger partial charge in [-0.1, -0.05) is 13.3 Å². The number of carbonyl (C=O) groups is 1. The summed E-state index contributed by atoms with van der Waals surface area (Å²) in [6.45, 7) is 1.25. The monoisotopic (exact) mass is 182 g/mol. The Balaban J connectivity index is 3.22. The van der Waals surface area contributed by atoms with Crippen LogP contribution in [0, 0.1) is 0 Å². The van der Waals surface area contributed by atoms with Gasteiger partial charge in [0.15, 0.2) is 6.61 Å². The summed E-state index contributed by atoms with van der Waals surface area (Å²) < 4.78 is 31.4. The lowest BCUT2D eigenvalue weighted by molar-refractivity contribution is 0.00691. The first-order valence-corrected chi connectivity index (χ1v) is 3.74. The van der Waals surface area contributed by atoms with E-state index in [0.717, 1.165) is 6.42 Å². The number of hydrogen-bond donors (Lipinski definition) is 0. The van der Waals surface area contributed by atoms with E-state index in [1.165, 1.54) is 0 Å². The topological polar surface area (TPSA) is 35.5 Å². The Morgan fingerprint density at radius 2 is 2.08 bits per heavy atom. The second kappa shape index (κ2) is 6.82. The average Bonchev–Trinajstić information content (AvgIpc) is 2.01. The summed E-state index contributed by atoms with van der Waals surface area (Å²) in [5.41, 5.74) is 0. The lowest BCUT2D eigenvalue weighted by Gasteiger charge is -2.04. The molecule has 0 N–H and O–H groups in total. The lowest BCUT2D eigenvalue weighted by Crippen LogP contribution is -2.13. The van der Waals surface area contributed by atoms with Gasteiger partial charge in [0.25, 0.3) is 6.43 Å². The van der Waals surface area contributed by atoms with Gasteiger partial charge in [-0.3, -0.25) is 0 Å². The van der Waals surface area contributed by atoms with Crippen LogP contribution < -0.4 is 0 Å². The van der Waals surface area contributed by atoms with Gasteiger partial charge in [-0.25, -0.2) is 13.6 Å². The van der Waals surface area contributed by atoms with Crippen LogP contribution in [0.3, 0.4) is 0 Å². The predicted octanol–water partition coefficient (Wildman–Crippen LogP) is 2.20. The summed E-state index contributed by atoms with van der Waals surface area (Å²) in [6.07, 6.45) is -2.07. The van der Waals surface area contributed by atoms with Gasteiger partial charge >= 0.3 is 6.16 Å². The summed E-state index contributed by atoms with van der Waals surface area (Å²) in [4.78, 5) is 10.4. The highest BCUT2D eigenvalue weighted by molar-refractivity contribution is 5.59. The molecule has 0 amide bonds. The number of rotatable bonds is 5. The second-order valence-corrected chi connectivity index (χ2v) is 2.15. The summed E-state index contributed by atoms with van der Waals surface area (Å²) in [6, 6.07) is 0. The molecule has 0 fully saturated rings. The molecule has 72 valence electrons. The van der Waals surface area contributed by atoms with Gasteiger partial charge in [-0.05, 0) is 6.42 Å². The van der Waals surface area contributed by atoms with E-state index < -0.39 is 19.2 Å². The van der Waals surface area contributed by atoms with Crippen molar-refractivity contribution in [2.24, 2.45) is 0 Å². The molecular formula is C7H12F2O3. The lowest BCUT2D eigenvalue weighted by atomic mass is 10.4. The maximum absolute atomic E-state index is 11.5. The normalized spacial score (nSPS) is 10.0. The van der Waals surface area contributed by atoms with Crippen molar-refractivity contribution in [3.63, 3.8) is 0 Å². The van der Waals surface area contributed by atoms with E-state index >= 15 is 0 Å². The van der Waals surface area contributed by atoms with Gasteiger partial charge in [-0.15, -0.1) is 0 Å². The minimum Gasteiger partial charge on any atom is -0.434 e. The molecule has 0 radical (unpaired) electrons. The molecule has 12 heavy (non-hydrogen) atoms. The minimum atomic E-state index is -2.64. The number of ether oxygens (including phenoxy) is 2. The van der Waals surface area contributed by atoms with Gasteiger partial charge in [0.2, 0.25) is 0 Å². The predicted molar refractivity (Wildman–Crippen MR) is 38.2 cm³/mol. The first-order chi connectivity index (χ1) is 5.66. The fourth-order valence-electron chi connectivity index (χ4n) is 0.473. The van der Waals surface area contributed by atoms with Crippen molar-refractivity contribution in [2.45, 2.75) is 26.2 Å². The molecule has 0 aromatic rings. The van der Waals surface area contributed by atoms with E-state index in [2.05, 4.69) is 9.47 Å². The molecule has 0 aromatic carbocycles. The van der Waals surface area contributed by atoms with E-state index in [9.17, 15) is 13.6 Å². The molecule has 0 saturated carbocycles. The second-order valence-electron chi connectivity index (χ2n) is 2.15. The molecule has 0 atom stereocenters. The van der Waals surface area contributed by atoms with Crippen LogP contribution in [0.25, 0.3) is 0 Å². The van der Waals surface area contributed by atoms with Gasteiger partial charge in [0.1, 0.15) is 0 Å². The van der Waals surface area contributed by atoms with Crippen molar-refractivity contribution in [1.82, 2.24) is 0 Å². The summed E-state index contributed by atoms with van der Waals surface area (Å²) >= 11 is 0. The molecule has 0 aliphatic rings. The molecule has 0 saturated heterocycles. The molecule has 0 spiro atoms. The third-order valence-electron chi connectivity index (χ3n) is 1.04.